The molecule has 0 saturated carbocycles. The molecule has 1 fully saturated rings. The van der Waals surface area contributed by atoms with Gasteiger partial charge in [-0.1, -0.05) is 0 Å². The van der Waals surface area contributed by atoms with Crippen molar-refractivity contribution in [2.45, 2.75) is 12.6 Å². The number of hydrogen-bond acceptors (Lipinski definition) is 6. The summed E-state index contributed by atoms with van der Waals surface area (Å²) < 4.78 is 5.32. The molecule has 1 saturated heterocycles. The number of aliphatic hydroxyl groups is 1. The van der Waals surface area contributed by atoms with Crippen molar-refractivity contribution in [1.29, 1.82) is 0 Å². The number of hydrogen-bond donors (Lipinski definition) is 2. The Kier molecular flexibility index (Phi) is 4.25. The molecule has 0 aliphatic carbocycles. The summed E-state index contributed by atoms with van der Waals surface area (Å²) in [6, 6.07) is 0.210. The van der Waals surface area contributed by atoms with Gasteiger partial charge in [-0.2, -0.15) is 0 Å². The molecule has 6 heteroatoms. The van der Waals surface area contributed by atoms with E-state index < -0.39 is 0 Å². The lowest BCUT2D eigenvalue weighted by Gasteiger charge is -2.32. The fraction of sp³-hybridized carbons (Fsp3) is 0.700. The number of aromatic nitrogens is 1. The first-order chi connectivity index (χ1) is 7.85. The number of ether oxygens (including phenoxy) is 1. The Hall–Kier alpha value is -0.530. The second-order valence-corrected chi connectivity index (χ2v) is 4.86. The van der Waals surface area contributed by atoms with Crippen LogP contribution in [0.15, 0.2) is 6.20 Å². The number of thiazole rings is 1. The van der Waals surface area contributed by atoms with E-state index in [9.17, 15) is 0 Å². The standard InChI is InChI=1S/C10H17N3O2S/c11-5-8(13-1-3-15-4-2-13)9-6-12-10(7-14)16-9/h6,8,14H,1-5,7,11H2. The monoisotopic (exact) mass is 243 g/mol. The highest BCUT2D eigenvalue weighted by Gasteiger charge is 2.23. The topological polar surface area (TPSA) is 71.6 Å². The smallest absolute Gasteiger partial charge is 0.118 e. The molecular formula is C10H17N3O2S. The Morgan fingerprint density at radius 3 is 2.88 bits per heavy atom. The second-order valence-electron chi connectivity index (χ2n) is 3.71. The van der Waals surface area contributed by atoms with Crippen molar-refractivity contribution < 1.29 is 9.84 Å². The Bertz CT molecular complexity index is 326. The maximum atomic E-state index is 9.00. The van der Waals surface area contributed by atoms with Crippen LogP contribution in [-0.2, 0) is 11.3 Å². The fourth-order valence-corrected chi connectivity index (χ4v) is 2.81. The van der Waals surface area contributed by atoms with Crippen LogP contribution in [0, 0.1) is 0 Å². The van der Waals surface area contributed by atoms with Crippen molar-refractivity contribution >= 4 is 11.3 Å². The molecule has 16 heavy (non-hydrogen) atoms. The first kappa shape index (κ1) is 11.9. The van der Waals surface area contributed by atoms with E-state index >= 15 is 0 Å². The molecule has 1 unspecified atom stereocenters. The number of rotatable bonds is 4. The van der Waals surface area contributed by atoms with E-state index in [1.807, 2.05) is 6.20 Å². The van der Waals surface area contributed by atoms with Crippen molar-refractivity contribution in [2.24, 2.45) is 5.73 Å². The highest BCUT2D eigenvalue weighted by Crippen LogP contribution is 2.26. The molecule has 1 aromatic rings. The van der Waals surface area contributed by atoms with E-state index in [0.29, 0.717) is 6.54 Å². The molecule has 0 bridgehead atoms. The lowest BCUT2D eigenvalue weighted by atomic mass is 10.2. The molecule has 1 atom stereocenters. The summed E-state index contributed by atoms with van der Waals surface area (Å²) in [5, 5.41) is 9.75. The van der Waals surface area contributed by atoms with Crippen LogP contribution in [0.3, 0.4) is 0 Å². The first-order valence-electron chi connectivity index (χ1n) is 5.42. The van der Waals surface area contributed by atoms with Crippen molar-refractivity contribution in [1.82, 2.24) is 9.88 Å². The number of aliphatic hydroxyl groups excluding tert-OH is 1. The van der Waals surface area contributed by atoms with Gasteiger partial charge in [-0.25, -0.2) is 4.98 Å². The summed E-state index contributed by atoms with van der Waals surface area (Å²) in [5.74, 6) is 0. The predicted molar refractivity (Wildman–Crippen MR) is 62.2 cm³/mol. The Morgan fingerprint density at radius 2 is 2.31 bits per heavy atom. The van der Waals surface area contributed by atoms with E-state index in [1.165, 1.54) is 11.3 Å². The number of nitrogens with zero attached hydrogens (tertiary/aromatic N) is 2. The molecule has 0 spiro atoms. The van der Waals surface area contributed by atoms with Gasteiger partial charge in [0.15, 0.2) is 0 Å². The van der Waals surface area contributed by atoms with Gasteiger partial charge < -0.3 is 15.6 Å². The van der Waals surface area contributed by atoms with Gasteiger partial charge in [0.2, 0.25) is 0 Å². The van der Waals surface area contributed by atoms with Crippen LogP contribution in [0.5, 0.6) is 0 Å². The quantitative estimate of drug-likeness (QED) is 0.777. The van der Waals surface area contributed by atoms with Gasteiger partial charge in [0, 0.05) is 30.7 Å². The zero-order chi connectivity index (χ0) is 11.4. The Labute approximate surface area is 98.8 Å². The maximum Gasteiger partial charge on any atom is 0.118 e. The highest BCUT2D eigenvalue weighted by atomic mass is 32.1. The summed E-state index contributed by atoms with van der Waals surface area (Å²) in [6.07, 6.45) is 1.82. The summed E-state index contributed by atoms with van der Waals surface area (Å²) >= 11 is 1.54. The summed E-state index contributed by atoms with van der Waals surface area (Å²) in [5.41, 5.74) is 5.82. The van der Waals surface area contributed by atoms with Crippen molar-refractivity contribution in [3.63, 3.8) is 0 Å². The van der Waals surface area contributed by atoms with Crippen LogP contribution in [0.2, 0.25) is 0 Å². The van der Waals surface area contributed by atoms with Crippen molar-refractivity contribution in [2.75, 3.05) is 32.8 Å². The average Bonchev–Trinajstić information content (AvgIpc) is 2.80. The minimum atomic E-state index is 0.00503. The van der Waals surface area contributed by atoms with Gasteiger partial charge in [-0.3, -0.25) is 4.90 Å². The van der Waals surface area contributed by atoms with Crippen molar-refractivity contribution in [3.8, 4) is 0 Å². The lowest BCUT2D eigenvalue weighted by molar-refractivity contribution is 0.0185. The maximum absolute atomic E-state index is 9.00. The Morgan fingerprint density at radius 1 is 1.56 bits per heavy atom. The van der Waals surface area contributed by atoms with E-state index in [4.69, 9.17) is 15.6 Å². The van der Waals surface area contributed by atoms with Gasteiger partial charge in [0.25, 0.3) is 0 Å². The normalized spacial score (nSPS) is 19.9. The molecule has 2 heterocycles. The third-order valence-corrected chi connectivity index (χ3v) is 3.83. The molecule has 5 nitrogen and oxygen atoms in total. The van der Waals surface area contributed by atoms with Gasteiger partial charge in [0.1, 0.15) is 5.01 Å². The number of nitrogens with two attached hydrogens (primary N) is 1. The molecule has 1 aliphatic heterocycles. The minimum Gasteiger partial charge on any atom is -0.389 e. The third-order valence-electron chi connectivity index (χ3n) is 2.74. The Balaban J connectivity index is 2.08. The van der Waals surface area contributed by atoms with Gasteiger partial charge in [-0.15, -0.1) is 11.3 Å². The summed E-state index contributed by atoms with van der Waals surface area (Å²) in [4.78, 5) is 7.60. The van der Waals surface area contributed by atoms with Crippen LogP contribution in [-0.4, -0.2) is 47.8 Å². The van der Waals surface area contributed by atoms with Crippen LogP contribution in [0.25, 0.3) is 0 Å². The van der Waals surface area contributed by atoms with Crippen LogP contribution < -0.4 is 5.73 Å². The molecular weight excluding hydrogens is 226 g/mol. The van der Waals surface area contributed by atoms with E-state index in [-0.39, 0.29) is 12.6 Å². The molecule has 1 aliphatic rings. The van der Waals surface area contributed by atoms with E-state index in [0.717, 1.165) is 36.2 Å². The summed E-state index contributed by atoms with van der Waals surface area (Å²) in [7, 11) is 0. The predicted octanol–water partition coefficient (Wildman–Crippen LogP) is -0.0326. The zero-order valence-corrected chi connectivity index (χ0v) is 9.95. The molecule has 1 aromatic heterocycles. The van der Waals surface area contributed by atoms with Crippen molar-refractivity contribution in [3.05, 3.63) is 16.1 Å². The second kappa shape index (κ2) is 5.70. The van der Waals surface area contributed by atoms with Crippen LogP contribution >= 0.6 is 11.3 Å². The zero-order valence-electron chi connectivity index (χ0n) is 9.13. The molecule has 90 valence electrons. The minimum absolute atomic E-state index is 0.00503. The number of morpholine rings is 1. The highest BCUT2D eigenvalue weighted by molar-refractivity contribution is 7.11. The van der Waals surface area contributed by atoms with Gasteiger partial charge in [-0.05, 0) is 0 Å². The van der Waals surface area contributed by atoms with Crippen LogP contribution in [0.1, 0.15) is 15.9 Å². The molecule has 2 rings (SSSR count). The first-order valence-corrected chi connectivity index (χ1v) is 6.24. The van der Waals surface area contributed by atoms with Gasteiger partial charge in [0.05, 0.1) is 25.9 Å². The van der Waals surface area contributed by atoms with Crippen LogP contribution in [0.4, 0.5) is 0 Å². The largest absolute Gasteiger partial charge is 0.389 e. The lowest BCUT2D eigenvalue weighted by Crippen LogP contribution is -2.41. The molecule has 0 amide bonds. The van der Waals surface area contributed by atoms with E-state index in [2.05, 4.69) is 9.88 Å². The molecule has 0 aromatic carbocycles. The molecule has 3 N–H and O–H groups in total. The molecule has 0 radical (unpaired) electrons. The average molecular weight is 243 g/mol. The third kappa shape index (κ3) is 2.58. The van der Waals surface area contributed by atoms with Gasteiger partial charge >= 0.3 is 0 Å². The fourth-order valence-electron chi connectivity index (χ4n) is 1.89. The summed E-state index contributed by atoms with van der Waals surface area (Å²) in [6.45, 7) is 3.94. The SMILES string of the molecule is NCC(c1cnc(CO)s1)N1CCOCC1. The van der Waals surface area contributed by atoms with E-state index in [1.54, 1.807) is 0 Å².